The van der Waals surface area contributed by atoms with E-state index < -0.39 is 0 Å². The van der Waals surface area contributed by atoms with Gasteiger partial charge < -0.3 is 10.6 Å². The molecule has 1 saturated heterocycles. The molecule has 0 bridgehead atoms. The second-order valence-corrected chi connectivity index (χ2v) is 5.12. The summed E-state index contributed by atoms with van der Waals surface area (Å²) in [5.74, 6) is 0.322. The number of aromatic nitrogens is 1. The maximum atomic E-state index is 7.64. The third-order valence-corrected chi connectivity index (χ3v) is 3.76. The molecule has 0 spiro atoms. The van der Waals surface area contributed by atoms with Crippen molar-refractivity contribution >= 4 is 11.5 Å². The summed E-state index contributed by atoms with van der Waals surface area (Å²) in [6, 6.07) is 4.15. The van der Waals surface area contributed by atoms with E-state index in [1.54, 1.807) is 0 Å². The van der Waals surface area contributed by atoms with Crippen LogP contribution in [0.5, 0.6) is 0 Å². The van der Waals surface area contributed by atoms with Crippen LogP contribution in [-0.4, -0.2) is 23.9 Å². The molecule has 2 heterocycles. The van der Waals surface area contributed by atoms with Crippen LogP contribution in [0.4, 0.5) is 5.69 Å². The van der Waals surface area contributed by atoms with Gasteiger partial charge in [0, 0.05) is 36.1 Å². The van der Waals surface area contributed by atoms with Gasteiger partial charge in [-0.3, -0.25) is 10.4 Å². The van der Waals surface area contributed by atoms with Crippen molar-refractivity contribution in [1.29, 1.82) is 5.41 Å². The summed E-state index contributed by atoms with van der Waals surface area (Å²) in [4.78, 5) is 6.56. The summed E-state index contributed by atoms with van der Waals surface area (Å²) in [6.07, 6.45) is 3.75. The van der Waals surface area contributed by atoms with Crippen molar-refractivity contribution < 1.29 is 0 Å². The molecular formula is C13H20N4. The standard InChI is InChI=1S/C13H20N4/c1-10-9-11(3-6-16-10)17-7-4-13(2,5-8-17)12(14)15/h3,6,9H,4-5,7-8H2,1-2H3,(H3,14,15). The molecule has 2 rings (SSSR count). The molecule has 92 valence electrons. The summed E-state index contributed by atoms with van der Waals surface area (Å²) >= 11 is 0. The van der Waals surface area contributed by atoms with Crippen LogP contribution in [-0.2, 0) is 0 Å². The van der Waals surface area contributed by atoms with E-state index in [1.807, 2.05) is 19.2 Å². The number of aryl methyl sites for hydroxylation is 1. The molecule has 0 aromatic carbocycles. The van der Waals surface area contributed by atoms with Crippen LogP contribution in [0.2, 0.25) is 0 Å². The van der Waals surface area contributed by atoms with Gasteiger partial charge in [-0.25, -0.2) is 0 Å². The molecule has 1 fully saturated rings. The molecule has 4 nitrogen and oxygen atoms in total. The average Bonchev–Trinajstić information content (AvgIpc) is 2.30. The predicted molar refractivity (Wildman–Crippen MR) is 70.4 cm³/mol. The Morgan fingerprint density at radius 2 is 2.12 bits per heavy atom. The quantitative estimate of drug-likeness (QED) is 0.605. The van der Waals surface area contributed by atoms with Crippen LogP contribution in [0.1, 0.15) is 25.5 Å². The fourth-order valence-corrected chi connectivity index (χ4v) is 2.26. The molecule has 1 aromatic heterocycles. The number of anilines is 1. The zero-order valence-corrected chi connectivity index (χ0v) is 10.5. The van der Waals surface area contributed by atoms with E-state index in [9.17, 15) is 0 Å². The second-order valence-electron chi connectivity index (χ2n) is 5.12. The van der Waals surface area contributed by atoms with Gasteiger partial charge in [0.25, 0.3) is 0 Å². The van der Waals surface area contributed by atoms with E-state index in [0.29, 0.717) is 5.84 Å². The molecule has 1 aromatic rings. The van der Waals surface area contributed by atoms with Gasteiger partial charge >= 0.3 is 0 Å². The smallest absolute Gasteiger partial charge is 0.0967 e. The normalized spacial score (nSPS) is 19.1. The Morgan fingerprint density at radius 1 is 1.47 bits per heavy atom. The summed E-state index contributed by atoms with van der Waals surface area (Å²) in [5, 5.41) is 7.64. The van der Waals surface area contributed by atoms with Crippen molar-refractivity contribution in [3.8, 4) is 0 Å². The van der Waals surface area contributed by atoms with Gasteiger partial charge in [0.05, 0.1) is 5.84 Å². The van der Waals surface area contributed by atoms with Crippen molar-refractivity contribution in [2.24, 2.45) is 11.1 Å². The molecule has 0 unspecified atom stereocenters. The lowest BCUT2D eigenvalue weighted by atomic mass is 9.79. The first-order valence-electron chi connectivity index (χ1n) is 6.03. The first-order chi connectivity index (χ1) is 8.01. The Bertz CT molecular complexity index is 419. The highest BCUT2D eigenvalue weighted by Gasteiger charge is 2.32. The minimum absolute atomic E-state index is 0.113. The SMILES string of the molecule is Cc1cc(N2CCC(C)(C(=N)N)CC2)ccn1. The van der Waals surface area contributed by atoms with Gasteiger partial charge in [-0.2, -0.15) is 0 Å². The van der Waals surface area contributed by atoms with Crippen molar-refractivity contribution in [3.63, 3.8) is 0 Å². The molecule has 1 aliphatic rings. The van der Waals surface area contributed by atoms with Gasteiger partial charge in [0.15, 0.2) is 0 Å². The molecule has 1 aliphatic heterocycles. The second kappa shape index (κ2) is 4.35. The number of nitrogens with two attached hydrogens (primary N) is 1. The van der Waals surface area contributed by atoms with Gasteiger partial charge in [0.1, 0.15) is 0 Å². The van der Waals surface area contributed by atoms with Crippen LogP contribution < -0.4 is 10.6 Å². The first kappa shape index (κ1) is 11.9. The van der Waals surface area contributed by atoms with Crippen molar-refractivity contribution in [1.82, 2.24) is 4.98 Å². The summed E-state index contributed by atoms with van der Waals surface area (Å²) in [7, 11) is 0. The number of pyridine rings is 1. The average molecular weight is 232 g/mol. The molecule has 4 heteroatoms. The summed E-state index contributed by atoms with van der Waals surface area (Å²) in [6.45, 7) is 6.01. The van der Waals surface area contributed by atoms with Crippen LogP contribution >= 0.6 is 0 Å². The number of rotatable bonds is 2. The van der Waals surface area contributed by atoms with E-state index in [2.05, 4.69) is 22.9 Å². The molecule has 0 amide bonds. The zero-order chi connectivity index (χ0) is 12.5. The highest BCUT2D eigenvalue weighted by atomic mass is 15.1. The molecule has 0 radical (unpaired) electrons. The minimum atomic E-state index is -0.113. The van der Waals surface area contributed by atoms with Crippen LogP contribution in [0.15, 0.2) is 18.3 Å². The maximum absolute atomic E-state index is 7.64. The molecular weight excluding hydrogens is 212 g/mol. The number of hydrogen-bond donors (Lipinski definition) is 2. The minimum Gasteiger partial charge on any atom is -0.387 e. The van der Waals surface area contributed by atoms with Crippen LogP contribution in [0, 0.1) is 17.7 Å². The lowest BCUT2D eigenvalue weighted by Crippen LogP contribution is -2.45. The van der Waals surface area contributed by atoms with Crippen LogP contribution in [0.3, 0.4) is 0 Å². The third kappa shape index (κ3) is 2.40. The van der Waals surface area contributed by atoms with Crippen molar-refractivity contribution in [2.45, 2.75) is 26.7 Å². The highest BCUT2D eigenvalue weighted by Crippen LogP contribution is 2.32. The fourth-order valence-electron chi connectivity index (χ4n) is 2.26. The number of amidine groups is 1. The number of nitrogens with zero attached hydrogens (tertiary/aromatic N) is 2. The van der Waals surface area contributed by atoms with E-state index in [4.69, 9.17) is 11.1 Å². The Hall–Kier alpha value is -1.58. The Kier molecular flexibility index (Phi) is 3.05. The first-order valence-corrected chi connectivity index (χ1v) is 6.03. The fraction of sp³-hybridized carbons (Fsp3) is 0.538. The van der Waals surface area contributed by atoms with Crippen LogP contribution in [0.25, 0.3) is 0 Å². The summed E-state index contributed by atoms with van der Waals surface area (Å²) < 4.78 is 0. The Balaban J connectivity index is 2.07. The summed E-state index contributed by atoms with van der Waals surface area (Å²) in [5.41, 5.74) is 7.82. The third-order valence-electron chi connectivity index (χ3n) is 3.76. The molecule has 3 N–H and O–H groups in total. The largest absolute Gasteiger partial charge is 0.387 e. The predicted octanol–water partition coefficient (Wildman–Crippen LogP) is 1.93. The van der Waals surface area contributed by atoms with Gasteiger partial charge in [-0.15, -0.1) is 0 Å². The number of hydrogen-bond acceptors (Lipinski definition) is 3. The molecule has 0 aliphatic carbocycles. The van der Waals surface area contributed by atoms with E-state index in [-0.39, 0.29) is 5.41 Å². The van der Waals surface area contributed by atoms with E-state index in [1.165, 1.54) is 5.69 Å². The highest BCUT2D eigenvalue weighted by molar-refractivity contribution is 5.83. The van der Waals surface area contributed by atoms with Crippen molar-refractivity contribution in [2.75, 3.05) is 18.0 Å². The Morgan fingerprint density at radius 3 is 2.65 bits per heavy atom. The number of piperidine rings is 1. The Labute approximate surface area is 102 Å². The van der Waals surface area contributed by atoms with Crippen molar-refractivity contribution in [3.05, 3.63) is 24.0 Å². The molecule has 0 atom stereocenters. The monoisotopic (exact) mass is 232 g/mol. The molecule has 0 saturated carbocycles. The van der Waals surface area contributed by atoms with E-state index >= 15 is 0 Å². The van der Waals surface area contributed by atoms with Gasteiger partial charge in [-0.05, 0) is 31.9 Å². The lowest BCUT2D eigenvalue weighted by Gasteiger charge is -2.39. The van der Waals surface area contributed by atoms with Gasteiger partial charge in [0.2, 0.25) is 0 Å². The lowest BCUT2D eigenvalue weighted by molar-refractivity contribution is 0.351. The number of nitrogens with one attached hydrogen (secondary N) is 1. The molecule has 17 heavy (non-hydrogen) atoms. The topological polar surface area (TPSA) is 66.0 Å². The van der Waals surface area contributed by atoms with E-state index in [0.717, 1.165) is 31.6 Å². The maximum Gasteiger partial charge on any atom is 0.0967 e. The zero-order valence-electron chi connectivity index (χ0n) is 10.5. The van der Waals surface area contributed by atoms with Gasteiger partial charge in [-0.1, -0.05) is 6.92 Å².